The minimum Gasteiger partial charge on any atom is -0.571 e. The Hall–Kier alpha value is -3.48. The number of amidine groups is 1. The molecule has 0 aliphatic heterocycles. The maximum atomic E-state index is 11.3. The first kappa shape index (κ1) is 43.6. The van der Waals surface area contributed by atoms with Gasteiger partial charge in [0.2, 0.25) is 0 Å². The second-order valence-electron chi connectivity index (χ2n) is 6.81. The second-order valence-corrected chi connectivity index (χ2v) is 6.81. The van der Waals surface area contributed by atoms with E-state index in [1.54, 1.807) is 48.5 Å². The van der Waals surface area contributed by atoms with E-state index in [0.717, 1.165) is 0 Å². The normalized spacial score (nSPS) is 9.10. The Morgan fingerprint density at radius 2 is 1.18 bits per heavy atom. The van der Waals surface area contributed by atoms with Gasteiger partial charge >= 0.3 is 23.0 Å². The number of azo groups is 1. The molecule has 0 radical (unpaired) electrons. The third-order valence-electron chi connectivity index (χ3n) is 3.55. The van der Waals surface area contributed by atoms with Gasteiger partial charge in [-0.2, -0.15) is 0 Å². The van der Waals surface area contributed by atoms with Crippen LogP contribution in [0.5, 0.6) is 5.75 Å². The van der Waals surface area contributed by atoms with Crippen LogP contribution in [0.15, 0.2) is 94.2 Å². The number of carboxylic acid groups (broad SMARTS) is 1. The van der Waals surface area contributed by atoms with Crippen LogP contribution >= 0.6 is 0 Å². The molecule has 0 aliphatic rings. The van der Waals surface area contributed by atoms with Gasteiger partial charge in [-0.05, 0) is 18.2 Å². The van der Waals surface area contributed by atoms with E-state index in [1.807, 2.05) is 59.7 Å². The van der Waals surface area contributed by atoms with Crippen molar-refractivity contribution in [3.63, 3.8) is 0 Å². The molecule has 3 aromatic carbocycles. The van der Waals surface area contributed by atoms with Crippen LogP contribution in [0.25, 0.3) is 5.43 Å². The number of benzene rings is 3. The largest absolute Gasteiger partial charge is 1.00 e. The van der Waals surface area contributed by atoms with Gasteiger partial charge in [0.15, 0.2) is 5.84 Å². The van der Waals surface area contributed by atoms with Crippen molar-refractivity contribution in [1.29, 1.82) is 0 Å². The molecule has 7 nitrogen and oxygen atoms in total. The van der Waals surface area contributed by atoms with Crippen molar-refractivity contribution in [2.75, 3.05) is 0 Å². The molecule has 8 heteroatoms. The zero-order valence-corrected chi connectivity index (χ0v) is 26.8. The van der Waals surface area contributed by atoms with Crippen molar-refractivity contribution in [2.24, 2.45) is 15.3 Å². The van der Waals surface area contributed by atoms with E-state index in [4.69, 9.17) is 0 Å². The molecule has 0 fully saturated rings. The minimum atomic E-state index is -1.10. The predicted molar refractivity (Wildman–Crippen MR) is 168 cm³/mol. The summed E-state index contributed by atoms with van der Waals surface area (Å²) in [5.41, 5.74) is 5.19. The molecule has 0 spiro atoms. The molecule has 0 saturated carbocycles. The number of nitrogens with zero attached hydrogens (tertiary/aromatic N) is 4. The zero-order chi connectivity index (χ0) is 30.5. The van der Waals surface area contributed by atoms with Crippen LogP contribution < -0.4 is 0 Å². The fraction of sp³-hybridized carbons (Fsp3) is 0.375. The van der Waals surface area contributed by atoms with Crippen molar-refractivity contribution in [2.45, 2.75) is 82.1 Å². The first-order chi connectivity index (χ1) is 19.0. The minimum absolute atomic E-state index is 0. The number of carbonyl (C=O) groups is 1. The summed E-state index contributed by atoms with van der Waals surface area (Å²) in [6.07, 6.45) is 2.50. The van der Waals surface area contributed by atoms with Crippen LogP contribution in [0.4, 0.5) is 11.4 Å². The molecule has 40 heavy (non-hydrogen) atoms. The molecular weight excluding hydrogens is 552 g/mol. The maximum Gasteiger partial charge on any atom is 1.00 e. The van der Waals surface area contributed by atoms with Crippen LogP contribution in [0, 0.1) is 0 Å². The fourth-order valence-corrected chi connectivity index (χ4v) is 2.22. The Bertz CT molecular complexity index is 1040. The Balaban J connectivity index is -0.000000435. The molecule has 3 aromatic rings. The molecule has 0 unspecified atom stereocenters. The monoisotopic (exact) mass is 600 g/mol. The number of rotatable bonds is 5. The van der Waals surface area contributed by atoms with E-state index < -0.39 is 5.97 Å². The first-order valence-corrected chi connectivity index (χ1v) is 13.8. The van der Waals surface area contributed by atoms with E-state index in [2.05, 4.69) is 48.5 Å². The smallest absolute Gasteiger partial charge is 0.571 e. The average Bonchev–Trinajstić information content (AvgIpc) is 2.98. The van der Waals surface area contributed by atoms with E-state index in [1.165, 1.54) is 25.0 Å². The number of phenols is 1. The van der Waals surface area contributed by atoms with Gasteiger partial charge in [0.1, 0.15) is 11.4 Å². The third kappa shape index (κ3) is 19.6. The number of para-hydroxylation sites is 1. The van der Waals surface area contributed by atoms with Crippen molar-refractivity contribution >= 4 is 23.2 Å². The summed E-state index contributed by atoms with van der Waals surface area (Å²) in [5.74, 6) is -0.928. The van der Waals surface area contributed by atoms with Crippen LogP contribution in [0.2, 0.25) is 0 Å². The molecule has 2 N–H and O–H groups in total. The Labute approximate surface area is 253 Å². The van der Waals surface area contributed by atoms with Gasteiger partial charge in [0.25, 0.3) is 0 Å². The molecule has 0 amide bonds. The quantitative estimate of drug-likeness (QED) is 0.0998. The van der Waals surface area contributed by atoms with Crippen LogP contribution in [0.3, 0.4) is 0 Å². The number of aromatic carboxylic acids is 1. The first-order valence-electron chi connectivity index (χ1n) is 13.8. The van der Waals surface area contributed by atoms with Gasteiger partial charge in [-0.1, -0.05) is 148 Å². The molecule has 0 heterocycles. The van der Waals surface area contributed by atoms with Gasteiger partial charge < -0.3 is 20.7 Å². The summed E-state index contributed by atoms with van der Waals surface area (Å²) in [4.78, 5) is 11.3. The van der Waals surface area contributed by atoms with E-state index >= 15 is 0 Å². The van der Waals surface area contributed by atoms with E-state index in [-0.39, 0.29) is 45.6 Å². The Morgan fingerprint density at radius 1 is 0.725 bits per heavy atom. The van der Waals surface area contributed by atoms with E-state index in [9.17, 15) is 15.0 Å². The van der Waals surface area contributed by atoms with Gasteiger partial charge in [-0.3, -0.25) is 0 Å². The average molecular weight is 601 g/mol. The SMILES string of the molecule is CC.CC.CC.CCC.CCC.O=C(O)c1ccccc1N=N/C(=N\[N-]c1ccccc1O)c1ccccc1.[Cu+]. The second kappa shape index (κ2) is 31.7. The van der Waals surface area contributed by atoms with Crippen molar-refractivity contribution < 1.29 is 32.1 Å². The zero-order valence-electron chi connectivity index (χ0n) is 25.8. The summed E-state index contributed by atoms with van der Waals surface area (Å²) in [6, 6.07) is 21.8. The maximum absolute atomic E-state index is 11.3. The molecular formula is C32H49CuN4O3. The molecule has 0 aromatic heterocycles. The molecule has 0 bridgehead atoms. The van der Waals surface area contributed by atoms with Gasteiger partial charge in [-0.25, -0.2) is 4.79 Å². The number of hydrogen-bond acceptors (Lipinski definition) is 4. The molecule has 226 valence electrons. The van der Waals surface area contributed by atoms with Crippen molar-refractivity contribution in [3.05, 3.63) is 95.4 Å². The fourth-order valence-electron chi connectivity index (χ4n) is 2.22. The van der Waals surface area contributed by atoms with E-state index in [0.29, 0.717) is 5.56 Å². The molecule has 0 saturated heterocycles. The summed E-state index contributed by atoms with van der Waals surface area (Å²) in [5, 5.41) is 31.3. The summed E-state index contributed by atoms with van der Waals surface area (Å²) < 4.78 is 0. The van der Waals surface area contributed by atoms with Crippen molar-refractivity contribution in [1.82, 2.24) is 0 Å². The third-order valence-corrected chi connectivity index (χ3v) is 3.55. The van der Waals surface area contributed by atoms with Gasteiger partial charge in [-0.15, -0.1) is 10.2 Å². The summed E-state index contributed by atoms with van der Waals surface area (Å²) in [7, 11) is 0. The molecule has 0 atom stereocenters. The van der Waals surface area contributed by atoms with Crippen LogP contribution in [-0.4, -0.2) is 22.0 Å². The summed E-state index contributed by atoms with van der Waals surface area (Å²) in [6.45, 7) is 20.5. The topological polar surface area (TPSA) is 109 Å². The predicted octanol–water partition coefficient (Wildman–Crippen LogP) is 11.1. The van der Waals surface area contributed by atoms with Crippen LogP contribution in [0.1, 0.15) is 98.0 Å². The standard InChI is InChI=1S/C20H16N4O3.2C3H8.3C2H6.Cu/c25-18-13-7-6-12-17(18)22-24-19(14-8-2-1-3-9-14)23-21-16-11-5-4-10-15(16)20(26)27;2*1-3-2;3*1-2;/h1-13H,(H3,21,22,23,24,25,26,27);2*3H2,1-2H3;3*1-2H3;/q;;;;;;+1/p-1. The molecule has 0 aliphatic carbocycles. The Kier molecular flexibility index (Phi) is 34.6. The van der Waals surface area contributed by atoms with Gasteiger partial charge in [0.05, 0.1) is 5.56 Å². The molecule has 3 rings (SSSR count). The van der Waals surface area contributed by atoms with Crippen molar-refractivity contribution in [3.8, 4) is 5.75 Å². The number of aromatic hydroxyl groups is 1. The van der Waals surface area contributed by atoms with Gasteiger partial charge in [0, 0.05) is 5.56 Å². The summed E-state index contributed by atoms with van der Waals surface area (Å²) >= 11 is 0. The number of hydrogen-bond donors (Lipinski definition) is 2. The number of phenolic OH excluding ortho intramolecular Hbond substituents is 1. The van der Waals surface area contributed by atoms with Crippen LogP contribution in [-0.2, 0) is 17.1 Å². The Morgan fingerprint density at radius 3 is 1.68 bits per heavy atom. The number of carboxylic acids is 1.